The highest BCUT2D eigenvalue weighted by Crippen LogP contribution is 2.16. The van der Waals surface area contributed by atoms with Crippen molar-refractivity contribution in [2.45, 2.75) is 20.3 Å². The van der Waals surface area contributed by atoms with Crippen LogP contribution < -0.4 is 11.2 Å². The number of hydrazone groups is 1. The summed E-state index contributed by atoms with van der Waals surface area (Å²) in [6, 6.07) is 8.42. The third-order valence-electron chi connectivity index (χ3n) is 2.52. The van der Waals surface area contributed by atoms with Crippen LogP contribution >= 0.6 is 11.3 Å². The maximum absolute atomic E-state index is 5.53. The molecule has 0 atom stereocenters. The normalized spacial score (nSPS) is 11.3. The number of nitrogens with two attached hydrogens (primary N) is 1. The summed E-state index contributed by atoms with van der Waals surface area (Å²) in [5, 5.41) is 6.61. The first-order chi connectivity index (χ1) is 9.13. The average molecular weight is 274 g/mol. The summed E-state index contributed by atoms with van der Waals surface area (Å²) >= 11 is 1.43. The molecule has 4 nitrogen and oxygen atoms in total. The van der Waals surface area contributed by atoms with Gasteiger partial charge in [0.2, 0.25) is 5.13 Å². The summed E-state index contributed by atoms with van der Waals surface area (Å²) in [6.45, 7) is 4.44. The van der Waals surface area contributed by atoms with Gasteiger partial charge < -0.3 is 5.73 Å². The van der Waals surface area contributed by atoms with Gasteiger partial charge in [-0.15, -0.1) is 11.3 Å². The molecule has 2 aromatic rings. The fourth-order valence-electron chi connectivity index (χ4n) is 1.71. The molecule has 0 aliphatic heterocycles. The van der Waals surface area contributed by atoms with Gasteiger partial charge in [0.15, 0.2) is 0 Å². The highest BCUT2D eigenvalue weighted by molar-refractivity contribution is 7.14. The Hall–Kier alpha value is -1.88. The molecule has 0 unspecified atom stereocenters. The minimum atomic E-state index is 0.515. The Kier molecular flexibility index (Phi) is 4.52. The van der Waals surface area contributed by atoms with Crippen LogP contribution in [0.25, 0.3) is 0 Å². The van der Waals surface area contributed by atoms with E-state index in [1.54, 1.807) is 11.6 Å². The first-order valence-corrected chi connectivity index (χ1v) is 7.10. The largest absolute Gasteiger partial charge is 0.383 e. The monoisotopic (exact) mass is 274 g/mol. The van der Waals surface area contributed by atoms with E-state index >= 15 is 0 Å². The Morgan fingerprint density at radius 1 is 1.37 bits per heavy atom. The molecular weight excluding hydrogens is 256 g/mol. The number of nitrogens with zero attached hydrogens (tertiary/aromatic N) is 2. The second-order valence-electron chi connectivity index (χ2n) is 4.79. The molecular formula is C14H18N4S. The van der Waals surface area contributed by atoms with Crippen LogP contribution in [-0.4, -0.2) is 11.2 Å². The molecule has 0 aliphatic carbocycles. The molecule has 0 spiro atoms. The SMILES string of the molecule is CC(C)Cc1ccc(C=NNc2nc(N)cs2)cc1. The van der Waals surface area contributed by atoms with Crippen molar-refractivity contribution in [3.8, 4) is 0 Å². The molecule has 2 rings (SSSR count). The van der Waals surface area contributed by atoms with E-state index in [4.69, 9.17) is 5.73 Å². The van der Waals surface area contributed by atoms with Gasteiger partial charge in [0.1, 0.15) is 5.82 Å². The minimum absolute atomic E-state index is 0.515. The summed E-state index contributed by atoms with van der Waals surface area (Å²) in [4.78, 5) is 4.06. The van der Waals surface area contributed by atoms with Gasteiger partial charge in [-0.25, -0.2) is 4.98 Å². The number of thiazole rings is 1. The molecule has 19 heavy (non-hydrogen) atoms. The van der Waals surface area contributed by atoms with Crippen molar-refractivity contribution in [1.82, 2.24) is 4.98 Å². The van der Waals surface area contributed by atoms with Crippen LogP contribution in [0, 0.1) is 5.92 Å². The zero-order chi connectivity index (χ0) is 13.7. The smallest absolute Gasteiger partial charge is 0.205 e. The van der Waals surface area contributed by atoms with Crippen molar-refractivity contribution >= 4 is 28.5 Å². The summed E-state index contributed by atoms with van der Waals surface area (Å²) < 4.78 is 0. The fraction of sp³-hybridized carbons (Fsp3) is 0.286. The average Bonchev–Trinajstić information content (AvgIpc) is 2.77. The summed E-state index contributed by atoms with van der Waals surface area (Å²) in [5.74, 6) is 1.19. The van der Waals surface area contributed by atoms with E-state index in [2.05, 4.69) is 53.6 Å². The van der Waals surface area contributed by atoms with E-state index < -0.39 is 0 Å². The molecule has 0 radical (unpaired) electrons. The molecule has 5 heteroatoms. The summed E-state index contributed by atoms with van der Waals surface area (Å²) in [7, 11) is 0. The highest BCUT2D eigenvalue weighted by atomic mass is 32.1. The third kappa shape index (κ3) is 4.37. The number of rotatable bonds is 5. The number of hydrogen-bond donors (Lipinski definition) is 2. The van der Waals surface area contributed by atoms with E-state index in [1.165, 1.54) is 16.9 Å². The number of nitrogens with one attached hydrogen (secondary N) is 1. The van der Waals surface area contributed by atoms with Crippen LogP contribution in [0.4, 0.5) is 10.9 Å². The zero-order valence-corrected chi connectivity index (χ0v) is 11.9. The minimum Gasteiger partial charge on any atom is -0.383 e. The lowest BCUT2D eigenvalue weighted by atomic mass is 10.0. The Morgan fingerprint density at radius 3 is 2.68 bits per heavy atom. The third-order valence-corrected chi connectivity index (χ3v) is 3.28. The Labute approximate surface area is 117 Å². The quantitative estimate of drug-likeness (QED) is 0.649. The predicted octanol–water partition coefficient (Wildman–Crippen LogP) is 3.37. The van der Waals surface area contributed by atoms with Gasteiger partial charge in [0.25, 0.3) is 0 Å². The Morgan fingerprint density at radius 2 is 2.11 bits per heavy atom. The second kappa shape index (κ2) is 6.33. The van der Waals surface area contributed by atoms with Crippen LogP contribution in [0.3, 0.4) is 0 Å². The maximum atomic E-state index is 5.53. The Balaban J connectivity index is 1.92. The van der Waals surface area contributed by atoms with Crippen molar-refractivity contribution in [1.29, 1.82) is 0 Å². The lowest BCUT2D eigenvalue weighted by Gasteiger charge is -2.04. The van der Waals surface area contributed by atoms with Crippen molar-refractivity contribution in [3.63, 3.8) is 0 Å². The van der Waals surface area contributed by atoms with Crippen molar-refractivity contribution in [3.05, 3.63) is 40.8 Å². The molecule has 0 saturated carbocycles. The van der Waals surface area contributed by atoms with E-state index in [1.807, 2.05) is 0 Å². The molecule has 1 heterocycles. The van der Waals surface area contributed by atoms with Crippen LogP contribution in [0.2, 0.25) is 0 Å². The molecule has 0 bridgehead atoms. The van der Waals surface area contributed by atoms with Crippen LogP contribution in [-0.2, 0) is 6.42 Å². The van der Waals surface area contributed by atoms with E-state index in [0.717, 1.165) is 12.0 Å². The van der Waals surface area contributed by atoms with Crippen LogP contribution in [0.1, 0.15) is 25.0 Å². The lowest BCUT2D eigenvalue weighted by Crippen LogP contribution is -1.95. The number of nitrogen functional groups attached to an aromatic ring is 1. The van der Waals surface area contributed by atoms with E-state index in [9.17, 15) is 0 Å². The second-order valence-corrected chi connectivity index (χ2v) is 5.65. The Bertz CT molecular complexity index is 543. The molecule has 0 aliphatic rings. The van der Waals surface area contributed by atoms with Crippen molar-refractivity contribution in [2.75, 3.05) is 11.2 Å². The first kappa shape index (κ1) is 13.5. The van der Waals surface area contributed by atoms with Crippen LogP contribution in [0.15, 0.2) is 34.7 Å². The zero-order valence-electron chi connectivity index (χ0n) is 11.1. The number of benzene rings is 1. The van der Waals surface area contributed by atoms with Crippen molar-refractivity contribution < 1.29 is 0 Å². The van der Waals surface area contributed by atoms with Gasteiger partial charge >= 0.3 is 0 Å². The highest BCUT2D eigenvalue weighted by Gasteiger charge is 1.98. The number of aromatic nitrogens is 1. The van der Waals surface area contributed by atoms with E-state index in [0.29, 0.717) is 16.9 Å². The molecule has 0 fully saturated rings. The lowest BCUT2D eigenvalue weighted by molar-refractivity contribution is 0.647. The predicted molar refractivity (Wildman–Crippen MR) is 82.7 cm³/mol. The van der Waals surface area contributed by atoms with Gasteiger partial charge in [-0.1, -0.05) is 38.1 Å². The van der Waals surface area contributed by atoms with Gasteiger partial charge in [-0.05, 0) is 23.5 Å². The van der Waals surface area contributed by atoms with E-state index in [-0.39, 0.29) is 0 Å². The van der Waals surface area contributed by atoms with Gasteiger partial charge in [-0.2, -0.15) is 5.10 Å². The van der Waals surface area contributed by atoms with Gasteiger partial charge in [0, 0.05) is 5.38 Å². The van der Waals surface area contributed by atoms with Gasteiger partial charge in [0.05, 0.1) is 6.21 Å². The molecule has 3 N–H and O–H groups in total. The number of anilines is 2. The number of hydrogen-bond acceptors (Lipinski definition) is 5. The summed E-state index contributed by atoms with van der Waals surface area (Å²) in [5.41, 5.74) is 10.8. The van der Waals surface area contributed by atoms with Crippen molar-refractivity contribution in [2.24, 2.45) is 11.0 Å². The van der Waals surface area contributed by atoms with Gasteiger partial charge in [-0.3, -0.25) is 5.43 Å². The molecule has 1 aromatic heterocycles. The van der Waals surface area contributed by atoms with Crippen LogP contribution in [0.5, 0.6) is 0 Å². The molecule has 0 amide bonds. The molecule has 1 aromatic carbocycles. The first-order valence-electron chi connectivity index (χ1n) is 6.22. The molecule has 0 saturated heterocycles. The maximum Gasteiger partial charge on any atom is 0.205 e. The summed E-state index contributed by atoms with van der Waals surface area (Å²) in [6.07, 6.45) is 2.88. The fourth-order valence-corrected chi connectivity index (χ4v) is 2.26. The molecule has 100 valence electrons. The topological polar surface area (TPSA) is 63.3 Å². The standard InChI is InChI=1S/C14H18N4S/c1-10(2)7-11-3-5-12(6-4-11)8-16-18-14-17-13(15)9-19-14/h3-6,8-10H,7,15H2,1-2H3,(H,17,18).